The number of nitrogens with one attached hydrogen (secondary N) is 2. The van der Waals surface area contributed by atoms with Crippen LogP contribution in [0.25, 0.3) is 0 Å². The van der Waals surface area contributed by atoms with Crippen molar-refractivity contribution in [1.29, 1.82) is 0 Å². The molecule has 2 aromatic carbocycles. The maximum Gasteiger partial charge on any atom is 0.136 e. The largest absolute Gasteiger partial charge is 0.366 e. The predicted octanol–water partition coefficient (Wildman–Crippen LogP) is 5.07. The van der Waals surface area contributed by atoms with E-state index < -0.39 is 0 Å². The van der Waals surface area contributed by atoms with Crippen molar-refractivity contribution < 1.29 is 0 Å². The minimum absolute atomic E-state index is 0.736. The van der Waals surface area contributed by atoms with Gasteiger partial charge in [0.25, 0.3) is 0 Å². The predicted molar refractivity (Wildman–Crippen MR) is 104 cm³/mol. The molecular formula is C21H24N4. The van der Waals surface area contributed by atoms with Crippen molar-refractivity contribution >= 4 is 17.3 Å². The van der Waals surface area contributed by atoms with Gasteiger partial charge < -0.3 is 10.6 Å². The average molecular weight is 332 g/mol. The van der Waals surface area contributed by atoms with Gasteiger partial charge in [-0.1, -0.05) is 42.0 Å². The van der Waals surface area contributed by atoms with Crippen LogP contribution < -0.4 is 10.6 Å². The number of hydrogen-bond acceptors (Lipinski definition) is 4. The molecule has 0 radical (unpaired) electrons. The maximum absolute atomic E-state index is 4.50. The van der Waals surface area contributed by atoms with Gasteiger partial charge in [0.05, 0.1) is 0 Å². The highest BCUT2D eigenvalue weighted by molar-refractivity contribution is 5.63. The zero-order chi connectivity index (χ0) is 17.8. The molecule has 0 saturated heterocycles. The summed E-state index contributed by atoms with van der Waals surface area (Å²) in [5.41, 5.74) is 6.05. The van der Waals surface area contributed by atoms with E-state index in [9.17, 15) is 0 Å². The van der Waals surface area contributed by atoms with Crippen molar-refractivity contribution in [3.63, 3.8) is 0 Å². The van der Waals surface area contributed by atoms with E-state index in [0.29, 0.717) is 0 Å². The zero-order valence-corrected chi connectivity index (χ0v) is 15.2. The van der Waals surface area contributed by atoms with E-state index in [1.54, 1.807) is 0 Å². The first-order chi connectivity index (χ1) is 12.0. The molecule has 2 N–H and O–H groups in total. The maximum atomic E-state index is 4.50. The van der Waals surface area contributed by atoms with Crippen LogP contribution in [0.5, 0.6) is 0 Å². The van der Waals surface area contributed by atoms with Gasteiger partial charge in [-0.25, -0.2) is 9.97 Å². The molecule has 0 fully saturated rings. The summed E-state index contributed by atoms with van der Waals surface area (Å²) < 4.78 is 0. The molecule has 0 atom stereocenters. The topological polar surface area (TPSA) is 49.8 Å². The highest BCUT2D eigenvalue weighted by Gasteiger charge is 2.05. The molecule has 0 amide bonds. The molecule has 4 heteroatoms. The summed E-state index contributed by atoms with van der Waals surface area (Å²) in [6, 6.07) is 16.7. The Labute approximate surface area is 149 Å². The summed E-state index contributed by atoms with van der Waals surface area (Å²) >= 11 is 0. The molecule has 0 aliphatic heterocycles. The van der Waals surface area contributed by atoms with Crippen LogP contribution in [0.4, 0.5) is 17.3 Å². The Bertz CT molecular complexity index is 870. The summed E-state index contributed by atoms with van der Waals surface area (Å²) in [7, 11) is 0. The van der Waals surface area contributed by atoms with E-state index in [4.69, 9.17) is 0 Å². The molecule has 3 aromatic rings. The fourth-order valence-electron chi connectivity index (χ4n) is 2.65. The van der Waals surface area contributed by atoms with Crippen LogP contribution in [0.15, 0.2) is 48.5 Å². The number of hydrogen-bond donors (Lipinski definition) is 2. The lowest BCUT2D eigenvalue weighted by Crippen LogP contribution is -2.05. The molecule has 0 spiro atoms. The molecule has 0 aliphatic rings. The van der Waals surface area contributed by atoms with Gasteiger partial charge in [0.15, 0.2) is 0 Å². The van der Waals surface area contributed by atoms with Crippen LogP contribution in [-0.2, 0) is 6.54 Å². The molecule has 128 valence electrons. The third kappa shape index (κ3) is 4.35. The lowest BCUT2D eigenvalue weighted by molar-refractivity contribution is 1.02. The number of benzene rings is 2. The van der Waals surface area contributed by atoms with E-state index in [-0.39, 0.29) is 0 Å². The Balaban J connectivity index is 1.76. The van der Waals surface area contributed by atoms with Gasteiger partial charge in [-0.2, -0.15) is 0 Å². The first-order valence-corrected chi connectivity index (χ1v) is 8.49. The number of aromatic nitrogens is 2. The molecule has 4 nitrogen and oxygen atoms in total. The van der Waals surface area contributed by atoms with Crippen molar-refractivity contribution in [2.75, 3.05) is 10.6 Å². The Morgan fingerprint density at radius 1 is 0.840 bits per heavy atom. The van der Waals surface area contributed by atoms with Crippen LogP contribution in [0.2, 0.25) is 0 Å². The lowest BCUT2D eigenvalue weighted by Gasteiger charge is -2.13. The number of anilines is 3. The summed E-state index contributed by atoms with van der Waals surface area (Å²) in [6.07, 6.45) is 0. The zero-order valence-electron chi connectivity index (χ0n) is 15.2. The number of aryl methyl sites for hydroxylation is 3. The number of rotatable bonds is 5. The molecule has 3 rings (SSSR count). The van der Waals surface area contributed by atoms with E-state index in [2.05, 4.69) is 83.8 Å². The van der Waals surface area contributed by atoms with Crippen LogP contribution in [0.1, 0.15) is 28.1 Å². The smallest absolute Gasteiger partial charge is 0.136 e. The van der Waals surface area contributed by atoms with Crippen molar-refractivity contribution in [2.45, 2.75) is 34.2 Å². The Kier molecular flexibility index (Phi) is 4.98. The second-order valence-corrected chi connectivity index (χ2v) is 6.40. The first kappa shape index (κ1) is 17.0. The van der Waals surface area contributed by atoms with E-state index in [1.165, 1.54) is 22.3 Å². The van der Waals surface area contributed by atoms with Crippen LogP contribution in [-0.4, -0.2) is 9.97 Å². The van der Waals surface area contributed by atoms with Crippen molar-refractivity contribution in [2.24, 2.45) is 0 Å². The van der Waals surface area contributed by atoms with Crippen molar-refractivity contribution in [3.05, 3.63) is 76.6 Å². The fourth-order valence-corrected chi connectivity index (χ4v) is 2.65. The molecule has 0 saturated carbocycles. The van der Waals surface area contributed by atoms with Gasteiger partial charge in [-0.3, -0.25) is 0 Å². The molecular weight excluding hydrogens is 308 g/mol. The quantitative estimate of drug-likeness (QED) is 0.685. The monoisotopic (exact) mass is 332 g/mol. The summed E-state index contributed by atoms with van der Waals surface area (Å²) in [5.74, 6) is 2.36. The van der Waals surface area contributed by atoms with E-state index in [0.717, 1.165) is 29.7 Å². The van der Waals surface area contributed by atoms with Crippen LogP contribution in [0.3, 0.4) is 0 Å². The minimum Gasteiger partial charge on any atom is -0.366 e. The van der Waals surface area contributed by atoms with Gasteiger partial charge in [0.2, 0.25) is 0 Å². The van der Waals surface area contributed by atoms with Gasteiger partial charge in [-0.05, 0) is 50.5 Å². The Morgan fingerprint density at radius 3 is 2.32 bits per heavy atom. The standard InChI is InChI=1S/C21H24N4/c1-14-8-10-18(11-9-14)13-22-20-12-21(24-17(4)23-20)25-19-7-5-6-15(2)16(19)3/h5-12H,13H2,1-4H3,(H2,22,23,24,25). The second-order valence-electron chi connectivity index (χ2n) is 6.40. The van der Waals surface area contributed by atoms with Gasteiger partial charge in [0, 0.05) is 18.3 Å². The summed E-state index contributed by atoms with van der Waals surface area (Å²) in [6.45, 7) is 8.96. The molecule has 0 aliphatic carbocycles. The normalized spacial score (nSPS) is 10.6. The van der Waals surface area contributed by atoms with Crippen molar-refractivity contribution in [1.82, 2.24) is 9.97 Å². The third-order valence-corrected chi connectivity index (χ3v) is 4.30. The molecule has 1 aromatic heterocycles. The minimum atomic E-state index is 0.736. The molecule has 1 heterocycles. The van der Waals surface area contributed by atoms with Crippen LogP contribution in [0, 0.1) is 27.7 Å². The average Bonchev–Trinajstić information content (AvgIpc) is 2.58. The fraction of sp³-hybridized carbons (Fsp3) is 0.238. The first-order valence-electron chi connectivity index (χ1n) is 8.49. The molecule has 0 unspecified atom stereocenters. The summed E-state index contributed by atoms with van der Waals surface area (Å²) in [5, 5.41) is 6.79. The highest BCUT2D eigenvalue weighted by atomic mass is 15.1. The highest BCUT2D eigenvalue weighted by Crippen LogP contribution is 2.23. The van der Waals surface area contributed by atoms with Crippen molar-refractivity contribution in [3.8, 4) is 0 Å². The van der Waals surface area contributed by atoms with Gasteiger partial charge in [-0.15, -0.1) is 0 Å². The SMILES string of the molecule is Cc1ccc(CNc2cc(Nc3cccc(C)c3C)nc(C)n2)cc1. The Hall–Kier alpha value is -2.88. The van der Waals surface area contributed by atoms with Gasteiger partial charge in [0.1, 0.15) is 17.5 Å². The lowest BCUT2D eigenvalue weighted by atomic mass is 10.1. The van der Waals surface area contributed by atoms with E-state index in [1.807, 2.05) is 13.0 Å². The molecule has 0 bridgehead atoms. The van der Waals surface area contributed by atoms with Gasteiger partial charge >= 0.3 is 0 Å². The van der Waals surface area contributed by atoms with Crippen LogP contribution >= 0.6 is 0 Å². The number of nitrogens with zero attached hydrogens (tertiary/aromatic N) is 2. The Morgan fingerprint density at radius 2 is 1.56 bits per heavy atom. The van der Waals surface area contributed by atoms with E-state index >= 15 is 0 Å². The summed E-state index contributed by atoms with van der Waals surface area (Å²) in [4.78, 5) is 8.99. The second kappa shape index (κ2) is 7.34. The molecule has 25 heavy (non-hydrogen) atoms. The third-order valence-electron chi connectivity index (χ3n) is 4.30.